The van der Waals surface area contributed by atoms with E-state index in [0.717, 1.165) is 5.56 Å². The van der Waals surface area contributed by atoms with Crippen LogP contribution in [-0.4, -0.2) is 52.5 Å². The smallest absolute Gasteiger partial charge is 0.297 e. The minimum atomic E-state index is -3.86. The number of aryl methyl sites for hydroxylation is 1. The van der Waals surface area contributed by atoms with Crippen molar-refractivity contribution in [2.75, 3.05) is 13.7 Å². The molecular formula is C16H22O7S. The predicted octanol–water partition coefficient (Wildman–Crippen LogP) is 1.59. The average Bonchev–Trinajstić information content (AvgIpc) is 2.99. The molecule has 0 spiro atoms. The lowest BCUT2D eigenvalue weighted by Gasteiger charge is -2.23. The molecule has 0 N–H and O–H groups in total. The van der Waals surface area contributed by atoms with E-state index in [1.807, 2.05) is 6.92 Å². The summed E-state index contributed by atoms with van der Waals surface area (Å²) in [5.41, 5.74) is 0.970. The zero-order valence-corrected chi connectivity index (χ0v) is 14.9. The molecule has 8 heteroatoms. The highest BCUT2D eigenvalue weighted by atomic mass is 32.2. The van der Waals surface area contributed by atoms with Crippen LogP contribution in [0.5, 0.6) is 0 Å². The van der Waals surface area contributed by atoms with Crippen LogP contribution in [0.2, 0.25) is 0 Å². The molecule has 134 valence electrons. The Kier molecular flexibility index (Phi) is 4.71. The van der Waals surface area contributed by atoms with E-state index in [1.165, 1.54) is 19.2 Å². The molecule has 1 aromatic rings. The van der Waals surface area contributed by atoms with Crippen LogP contribution in [0.4, 0.5) is 0 Å². The van der Waals surface area contributed by atoms with E-state index in [0.29, 0.717) is 0 Å². The fourth-order valence-corrected chi connectivity index (χ4v) is 3.81. The highest BCUT2D eigenvalue weighted by Gasteiger charge is 2.55. The van der Waals surface area contributed by atoms with Gasteiger partial charge in [0.2, 0.25) is 0 Å². The summed E-state index contributed by atoms with van der Waals surface area (Å²) in [6.45, 7) is 5.29. The molecule has 0 radical (unpaired) electrons. The van der Waals surface area contributed by atoms with E-state index in [4.69, 9.17) is 23.1 Å². The Morgan fingerprint density at radius 1 is 1.12 bits per heavy atom. The van der Waals surface area contributed by atoms with E-state index in [9.17, 15) is 8.42 Å². The van der Waals surface area contributed by atoms with Gasteiger partial charge in [0.15, 0.2) is 12.1 Å². The largest absolute Gasteiger partial charge is 0.353 e. The van der Waals surface area contributed by atoms with Crippen LogP contribution in [0.15, 0.2) is 29.2 Å². The summed E-state index contributed by atoms with van der Waals surface area (Å²) >= 11 is 0. The number of fused-ring (bicyclic) bond motifs is 1. The normalized spacial score (nSPS) is 32.0. The van der Waals surface area contributed by atoms with Crippen molar-refractivity contribution in [3.63, 3.8) is 0 Å². The maximum atomic E-state index is 12.3. The van der Waals surface area contributed by atoms with Gasteiger partial charge in [0.25, 0.3) is 10.1 Å². The molecule has 2 fully saturated rings. The molecule has 24 heavy (non-hydrogen) atoms. The number of benzene rings is 1. The lowest BCUT2D eigenvalue weighted by Crippen LogP contribution is -2.33. The summed E-state index contributed by atoms with van der Waals surface area (Å²) in [7, 11) is -2.36. The van der Waals surface area contributed by atoms with Gasteiger partial charge in [0, 0.05) is 7.11 Å². The third-order valence-corrected chi connectivity index (χ3v) is 5.33. The summed E-state index contributed by atoms with van der Waals surface area (Å²) in [6, 6.07) is 6.46. The summed E-state index contributed by atoms with van der Waals surface area (Å²) in [4.78, 5) is 0.106. The van der Waals surface area contributed by atoms with Crippen LogP contribution in [0, 0.1) is 6.92 Å². The molecule has 7 nitrogen and oxygen atoms in total. The predicted molar refractivity (Wildman–Crippen MR) is 83.8 cm³/mol. The topological polar surface area (TPSA) is 80.3 Å². The van der Waals surface area contributed by atoms with Crippen molar-refractivity contribution in [2.45, 2.75) is 56.1 Å². The van der Waals surface area contributed by atoms with Crippen LogP contribution in [0.25, 0.3) is 0 Å². The number of hydrogen-bond donors (Lipinski definition) is 0. The van der Waals surface area contributed by atoms with Crippen molar-refractivity contribution < 1.29 is 31.5 Å². The van der Waals surface area contributed by atoms with Crippen molar-refractivity contribution in [1.29, 1.82) is 0 Å². The van der Waals surface area contributed by atoms with Crippen molar-refractivity contribution in [2.24, 2.45) is 0 Å². The second-order valence-electron chi connectivity index (χ2n) is 6.40. The van der Waals surface area contributed by atoms with E-state index >= 15 is 0 Å². The molecule has 1 aromatic carbocycles. The quantitative estimate of drug-likeness (QED) is 0.740. The van der Waals surface area contributed by atoms with Gasteiger partial charge in [0.05, 0.1) is 11.5 Å². The molecule has 0 unspecified atom stereocenters. The van der Waals surface area contributed by atoms with Gasteiger partial charge in [-0.3, -0.25) is 4.18 Å². The first-order valence-electron chi connectivity index (χ1n) is 7.72. The summed E-state index contributed by atoms with van der Waals surface area (Å²) in [5.74, 6) is -0.774. The Balaban J connectivity index is 1.69. The number of hydrogen-bond acceptors (Lipinski definition) is 7. The van der Waals surface area contributed by atoms with Gasteiger partial charge < -0.3 is 18.9 Å². The highest BCUT2D eigenvalue weighted by molar-refractivity contribution is 7.86. The minimum Gasteiger partial charge on any atom is -0.353 e. The Morgan fingerprint density at radius 2 is 1.75 bits per heavy atom. The van der Waals surface area contributed by atoms with E-state index in [2.05, 4.69) is 0 Å². The van der Waals surface area contributed by atoms with Crippen LogP contribution >= 0.6 is 0 Å². The van der Waals surface area contributed by atoms with E-state index in [1.54, 1.807) is 26.0 Å². The molecule has 4 atom stereocenters. The molecule has 2 aliphatic heterocycles. The van der Waals surface area contributed by atoms with Gasteiger partial charge in [-0.15, -0.1) is 0 Å². The molecular weight excluding hydrogens is 336 g/mol. The fourth-order valence-electron chi connectivity index (χ4n) is 2.90. The Bertz CT molecular complexity index is 683. The molecule has 2 saturated heterocycles. The monoisotopic (exact) mass is 358 g/mol. The van der Waals surface area contributed by atoms with Gasteiger partial charge in [-0.25, -0.2) is 0 Å². The van der Waals surface area contributed by atoms with Crippen molar-refractivity contribution in [3.05, 3.63) is 29.8 Å². The SMILES string of the molecule is CO[C@@H]1O[C@H](COS(=O)(=O)c2ccc(C)cc2)[C@H]2OC(C)(C)O[C@H]12. The zero-order chi connectivity index (χ0) is 17.5. The lowest BCUT2D eigenvalue weighted by atomic mass is 10.1. The molecule has 3 rings (SSSR count). The second-order valence-corrected chi connectivity index (χ2v) is 8.01. The average molecular weight is 358 g/mol. The molecule has 2 aliphatic rings. The first-order chi connectivity index (χ1) is 11.2. The standard InChI is InChI=1S/C16H22O7S/c1-10-5-7-11(8-6-10)24(17,18)20-9-12-13-14(15(19-4)21-12)23-16(2,3)22-13/h5-8,12-15H,9H2,1-4H3/t12-,13-,14+,15-/m1/s1. The first kappa shape index (κ1) is 17.8. The Labute approximate surface area is 141 Å². The van der Waals surface area contributed by atoms with Crippen LogP contribution in [0.3, 0.4) is 0 Å². The number of ether oxygens (including phenoxy) is 4. The van der Waals surface area contributed by atoms with Gasteiger partial charge in [-0.2, -0.15) is 8.42 Å². The maximum Gasteiger partial charge on any atom is 0.297 e. The molecule has 2 heterocycles. The second kappa shape index (κ2) is 6.36. The third kappa shape index (κ3) is 3.49. The first-order valence-corrected chi connectivity index (χ1v) is 9.13. The van der Waals surface area contributed by atoms with Gasteiger partial charge >= 0.3 is 0 Å². The van der Waals surface area contributed by atoms with Gasteiger partial charge in [0.1, 0.15) is 18.3 Å². The number of methoxy groups -OCH3 is 1. The zero-order valence-electron chi connectivity index (χ0n) is 14.1. The van der Waals surface area contributed by atoms with Crippen molar-refractivity contribution >= 4 is 10.1 Å². The fraction of sp³-hybridized carbons (Fsp3) is 0.625. The van der Waals surface area contributed by atoms with E-state index < -0.39 is 40.5 Å². The van der Waals surface area contributed by atoms with E-state index in [-0.39, 0.29) is 11.5 Å². The minimum absolute atomic E-state index is 0.106. The Morgan fingerprint density at radius 3 is 2.38 bits per heavy atom. The van der Waals surface area contributed by atoms with Crippen molar-refractivity contribution in [1.82, 2.24) is 0 Å². The summed E-state index contributed by atoms with van der Waals surface area (Å²) in [6.07, 6.45) is -2.08. The Hall–Kier alpha value is -1.03. The molecule has 0 saturated carbocycles. The third-order valence-electron chi connectivity index (χ3n) is 4.04. The van der Waals surface area contributed by atoms with Crippen LogP contribution in [0.1, 0.15) is 19.4 Å². The highest BCUT2D eigenvalue weighted by Crippen LogP contribution is 2.39. The molecule has 0 aromatic heterocycles. The summed E-state index contributed by atoms with van der Waals surface area (Å²) in [5, 5.41) is 0. The number of rotatable bonds is 5. The molecule has 0 amide bonds. The maximum absolute atomic E-state index is 12.3. The summed E-state index contributed by atoms with van der Waals surface area (Å²) < 4.78 is 52.2. The lowest BCUT2D eigenvalue weighted by molar-refractivity contribution is -0.229. The molecule has 0 aliphatic carbocycles. The van der Waals surface area contributed by atoms with Crippen molar-refractivity contribution in [3.8, 4) is 0 Å². The molecule has 0 bridgehead atoms. The van der Waals surface area contributed by atoms with Crippen LogP contribution in [-0.2, 0) is 33.2 Å². The van der Waals surface area contributed by atoms with Crippen LogP contribution < -0.4 is 0 Å². The van der Waals surface area contributed by atoms with Gasteiger partial charge in [-0.1, -0.05) is 17.7 Å². The van der Waals surface area contributed by atoms with Gasteiger partial charge in [-0.05, 0) is 32.9 Å².